The van der Waals surface area contributed by atoms with Crippen LogP contribution in [0, 0.1) is 6.92 Å². The summed E-state index contributed by atoms with van der Waals surface area (Å²) in [4.78, 5) is 32.9. The molecule has 4 rings (SSSR count). The third kappa shape index (κ3) is 5.97. The smallest absolute Gasteiger partial charge is 0.395 e. The lowest BCUT2D eigenvalue weighted by atomic mass is 10.1. The van der Waals surface area contributed by atoms with Gasteiger partial charge in [-0.25, -0.2) is 9.36 Å². The predicted octanol–water partition coefficient (Wildman–Crippen LogP) is 3.49. The standard InChI is InChI=1S/C21H21N6O7P/c1-14-12-27(21(29)24-20(14)28)19-11-17(25-26-22)18(32-19)13-31-35(30,33-15-5-3-2-4-6-15)34-16-7-9-23-10-8-16/h2-10,12,17-19H,11,13H2,1H3,(H,24,28,29)/t17?,18-,19-,35?/m1/s1. The van der Waals surface area contributed by atoms with E-state index in [2.05, 4.69) is 20.0 Å². The Balaban J connectivity index is 1.55. The van der Waals surface area contributed by atoms with E-state index in [0.29, 0.717) is 5.56 Å². The zero-order valence-corrected chi connectivity index (χ0v) is 19.4. The average Bonchev–Trinajstić information content (AvgIpc) is 3.24. The number of H-pyrrole nitrogens is 1. The molecule has 14 heteroatoms. The van der Waals surface area contributed by atoms with Crippen LogP contribution in [0.15, 0.2) is 75.8 Å². The number of rotatable bonds is 9. The highest BCUT2D eigenvalue weighted by Crippen LogP contribution is 2.50. The van der Waals surface area contributed by atoms with Crippen LogP contribution in [-0.2, 0) is 13.8 Å². The summed E-state index contributed by atoms with van der Waals surface area (Å²) in [7, 11) is -4.24. The molecule has 35 heavy (non-hydrogen) atoms. The summed E-state index contributed by atoms with van der Waals surface area (Å²) >= 11 is 0. The lowest BCUT2D eigenvalue weighted by molar-refractivity contribution is -0.0260. The zero-order valence-electron chi connectivity index (χ0n) is 18.5. The van der Waals surface area contributed by atoms with Crippen molar-refractivity contribution in [3.05, 3.63) is 97.9 Å². The van der Waals surface area contributed by atoms with E-state index in [1.54, 1.807) is 37.3 Å². The topological polar surface area (TPSA) is 170 Å². The summed E-state index contributed by atoms with van der Waals surface area (Å²) in [6.07, 6.45) is 2.65. The summed E-state index contributed by atoms with van der Waals surface area (Å²) in [5, 5.41) is 3.73. The molecule has 4 atom stereocenters. The molecule has 2 aromatic heterocycles. The van der Waals surface area contributed by atoms with E-state index in [1.807, 2.05) is 0 Å². The van der Waals surface area contributed by atoms with Crippen LogP contribution in [0.4, 0.5) is 0 Å². The average molecular weight is 500 g/mol. The first-order valence-electron chi connectivity index (χ1n) is 10.5. The van der Waals surface area contributed by atoms with E-state index in [4.69, 9.17) is 23.8 Å². The summed E-state index contributed by atoms with van der Waals surface area (Å²) in [5.41, 5.74) is 8.11. The van der Waals surface area contributed by atoms with E-state index in [-0.39, 0.29) is 24.5 Å². The number of nitrogens with zero attached hydrogens (tertiary/aromatic N) is 5. The summed E-state index contributed by atoms with van der Waals surface area (Å²) in [6, 6.07) is 10.5. The van der Waals surface area contributed by atoms with Gasteiger partial charge in [0, 0.05) is 35.5 Å². The normalized spacial score (nSPS) is 21.0. The Hall–Kier alpha value is -3.89. The lowest BCUT2D eigenvalue weighted by Crippen LogP contribution is -2.33. The van der Waals surface area contributed by atoms with Crippen LogP contribution < -0.4 is 20.3 Å². The van der Waals surface area contributed by atoms with E-state index < -0.39 is 37.4 Å². The van der Waals surface area contributed by atoms with Crippen molar-refractivity contribution < 1.29 is 22.9 Å². The quantitative estimate of drug-likeness (QED) is 0.201. The van der Waals surface area contributed by atoms with Gasteiger partial charge in [0.1, 0.15) is 17.7 Å². The molecule has 0 spiro atoms. The van der Waals surface area contributed by atoms with E-state index in [1.165, 1.54) is 35.3 Å². The van der Waals surface area contributed by atoms with Crippen molar-refractivity contribution in [3.63, 3.8) is 0 Å². The minimum Gasteiger partial charge on any atom is -0.395 e. The van der Waals surface area contributed by atoms with E-state index in [0.717, 1.165) is 0 Å². The Morgan fingerprint density at radius 1 is 1.20 bits per heavy atom. The summed E-state index contributed by atoms with van der Waals surface area (Å²) in [5.74, 6) is 0.448. The van der Waals surface area contributed by atoms with Gasteiger partial charge in [0.2, 0.25) is 0 Å². The molecule has 1 fully saturated rings. The fourth-order valence-electron chi connectivity index (χ4n) is 3.40. The van der Waals surface area contributed by atoms with Gasteiger partial charge in [-0.1, -0.05) is 23.3 Å². The minimum absolute atomic E-state index is 0.124. The number of pyridine rings is 1. The number of hydrogen-bond acceptors (Lipinski definition) is 9. The maximum atomic E-state index is 13.5. The Morgan fingerprint density at radius 3 is 2.57 bits per heavy atom. The first kappa shape index (κ1) is 24.2. The number of benzene rings is 1. The van der Waals surface area contributed by atoms with Gasteiger partial charge in [0.15, 0.2) is 0 Å². The highest BCUT2D eigenvalue weighted by atomic mass is 31.2. The molecule has 182 valence electrons. The molecule has 0 radical (unpaired) electrons. The van der Waals surface area contributed by atoms with Crippen molar-refractivity contribution >= 4 is 7.82 Å². The van der Waals surface area contributed by atoms with Crippen LogP contribution in [0.25, 0.3) is 10.4 Å². The fourth-order valence-corrected chi connectivity index (χ4v) is 4.63. The highest BCUT2D eigenvalue weighted by molar-refractivity contribution is 7.49. The number of nitrogens with one attached hydrogen (secondary N) is 1. The summed E-state index contributed by atoms with van der Waals surface area (Å²) in [6.45, 7) is 1.20. The monoisotopic (exact) mass is 500 g/mol. The molecule has 0 saturated carbocycles. The molecule has 0 bridgehead atoms. The molecule has 1 aliphatic rings. The van der Waals surface area contributed by atoms with Gasteiger partial charge >= 0.3 is 13.5 Å². The number of phosphoric ester groups is 1. The van der Waals surface area contributed by atoms with Crippen molar-refractivity contribution in [2.24, 2.45) is 5.11 Å². The second-order valence-electron chi connectivity index (χ2n) is 7.54. The second-order valence-corrected chi connectivity index (χ2v) is 9.06. The van der Waals surface area contributed by atoms with Crippen molar-refractivity contribution in [2.75, 3.05) is 6.61 Å². The first-order chi connectivity index (χ1) is 16.9. The molecule has 1 aliphatic heterocycles. The molecule has 1 aromatic carbocycles. The van der Waals surface area contributed by atoms with Crippen LogP contribution in [0.3, 0.4) is 0 Å². The Bertz CT molecular complexity index is 1330. The number of aryl methyl sites for hydroxylation is 1. The van der Waals surface area contributed by atoms with Gasteiger partial charge in [-0.15, -0.1) is 0 Å². The van der Waals surface area contributed by atoms with Crippen molar-refractivity contribution in [1.29, 1.82) is 0 Å². The Kier molecular flexibility index (Phi) is 7.33. The number of phosphoric acid groups is 1. The van der Waals surface area contributed by atoms with Crippen LogP contribution in [-0.4, -0.2) is 33.3 Å². The largest absolute Gasteiger partial charge is 0.587 e. The SMILES string of the molecule is Cc1cn([C@H]2CC(N=[N+]=[N-])[C@@H](COP(=O)(Oc3ccccc3)Oc3ccncc3)O2)c(=O)[nH]c1=O. The van der Waals surface area contributed by atoms with E-state index >= 15 is 0 Å². The lowest BCUT2D eigenvalue weighted by Gasteiger charge is -2.22. The maximum Gasteiger partial charge on any atom is 0.587 e. The van der Waals surface area contributed by atoms with Crippen LogP contribution in [0.1, 0.15) is 18.2 Å². The number of hydrogen-bond donors (Lipinski definition) is 1. The Labute approximate surface area is 198 Å². The molecule has 0 amide bonds. The molecule has 2 unspecified atom stereocenters. The highest BCUT2D eigenvalue weighted by Gasteiger charge is 2.40. The molecule has 1 saturated heterocycles. The van der Waals surface area contributed by atoms with Gasteiger partial charge in [-0.2, -0.15) is 0 Å². The first-order valence-corrected chi connectivity index (χ1v) is 11.9. The number of ether oxygens (including phenoxy) is 1. The molecule has 3 heterocycles. The van der Waals surface area contributed by atoms with Crippen LogP contribution in [0.2, 0.25) is 0 Å². The van der Waals surface area contributed by atoms with Gasteiger partial charge in [0.25, 0.3) is 5.56 Å². The molecule has 1 N–H and O–H groups in total. The zero-order chi connectivity index (χ0) is 24.8. The molecule has 3 aromatic rings. The third-order valence-corrected chi connectivity index (χ3v) is 6.42. The fraction of sp³-hybridized carbons (Fsp3) is 0.286. The van der Waals surface area contributed by atoms with Gasteiger partial charge in [-0.3, -0.25) is 23.9 Å². The van der Waals surface area contributed by atoms with Crippen molar-refractivity contribution in [3.8, 4) is 11.5 Å². The van der Waals surface area contributed by atoms with Gasteiger partial charge < -0.3 is 13.8 Å². The molecule has 0 aliphatic carbocycles. The third-order valence-electron chi connectivity index (χ3n) is 5.08. The number of aromatic nitrogens is 3. The number of aromatic amines is 1. The molecule has 13 nitrogen and oxygen atoms in total. The van der Waals surface area contributed by atoms with Crippen LogP contribution in [0.5, 0.6) is 11.5 Å². The Morgan fingerprint density at radius 2 is 1.89 bits per heavy atom. The van der Waals surface area contributed by atoms with Crippen molar-refractivity contribution in [2.45, 2.75) is 31.7 Å². The molecular weight excluding hydrogens is 479 g/mol. The summed E-state index contributed by atoms with van der Waals surface area (Å²) < 4.78 is 37.3. The predicted molar refractivity (Wildman–Crippen MR) is 123 cm³/mol. The van der Waals surface area contributed by atoms with Crippen LogP contribution >= 0.6 is 7.82 Å². The van der Waals surface area contributed by atoms with E-state index in [9.17, 15) is 14.2 Å². The number of para-hydroxylation sites is 1. The second kappa shape index (κ2) is 10.6. The minimum atomic E-state index is -4.24. The van der Waals surface area contributed by atoms with Gasteiger partial charge in [0.05, 0.1) is 18.8 Å². The maximum absolute atomic E-state index is 13.5. The molecular formula is C21H21N6O7P. The number of azide groups is 1. The van der Waals surface area contributed by atoms with Gasteiger partial charge in [-0.05, 0) is 36.7 Å². The van der Waals surface area contributed by atoms with Crippen molar-refractivity contribution in [1.82, 2.24) is 14.5 Å².